The quantitative estimate of drug-likeness (QED) is 0.766. The normalized spacial score (nSPS) is 26.3. The monoisotopic (exact) mass is 355 g/mol. The zero-order valence-corrected chi connectivity index (χ0v) is 14.9. The predicted octanol–water partition coefficient (Wildman–Crippen LogP) is 5.18. The van der Waals surface area contributed by atoms with E-state index >= 15 is 0 Å². The molecule has 0 saturated heterocycles. The molecule has 3 unspecified atom stereocenters. The molecule has 0 bridgehead atoms. The molecule has 2 rings (SSSR count). The minimum atomic E-state index is -0.175. The van der Waals surface area contributed by atoms with Gasteiger partial charge in [-0.1, -0.05) is 26.8 Å². The highest BCUT2D eigenvalue weighted by atomic mass is 79.9. The minimum Gasteiger partial charge on any atom is -0.314 e. The molecule has 1 aliphatic rings. The first-order valence-corrected chi connectivity index (χ1v) is 8.97. The largest absolute Gasteiger partial charge is 0.314 e. The van der Waals surface area contributed by atoms with E-state index in [4.69, 9.17) is 0 Å². The summed E-state index contributed by atoms with van der Waals surface area (Å²) >= 11 is 3.30. The predicted molar refractivity (Wildman–Crippen MR) is 90.9 cm³/mol. The van der Waals surface area contributed by atoms with Crippen LogP contribution in [0.5, 0.6) is 0 Å². The lowest BCUT2D eigenvalue weighted by Crippen LogP contribution is -2.42. The van der Waals surface area contributed by atoms with Crippen molar-refractivity contribution in [1.29, 1.82) is 0 Å². The maximum absolute atomic E-state index is 13.4. The number of halogens is 2. The SMILES string of the molecule is CCNC1CCC(C(C)C)CC1Cc1ccc(F)c(Br)c1. The molecule has 1 aromatic carbocycles. The Hall–Kier alpha value is -0.410. The van der Waals surface area contributed by atoms with Gasteiger partial charge in [-0.05, 0) is 83.6 Å². The Morgan fingerprint density at radius 3 is 2.71 bits per heavy atom. The lowest BCUT2D eigenvalue weighted by molar-refractivity contribution is 0.169. The zero-order chi connectivity index (χ0) is 15.4. The molecule has 1 saturated carbocycles. The fourth-order valence-corrected chi connectivity index (χ4v) is 4.06. The molecular weight excluding hydrogens is 329 g/mol. The molecule has 1 N–H and O–H groups in total. The van der Waals surface area contributed by atoms with Gasteiger partial charge in [-0.15, -0.1) is 0 Å². The Bertz CT molecular complexity index is 461. The number of hydrogen-bond acceptors (Lipinski definition) is 1. The van der Waals surface area contributed by atoms with Crippen molar-refractivity contribution in [2.75, 3.05) is 6.54 Å². The van der Waals surface area contributed by atoms with Gasteiger partial charge in [0.25, 0.3) is 0 Å². The van der Waals surface area contributed by atoms with E-state index in [1.54, 1.807) is 6.07 Å². The first kappa shape index (κ1) is 17.0. The van der Waals surface area contributed by atoms with Crippen LogP contribution in [0.2, 0.25) is 0 Å². The summed E-state index contributed by atoms with van der Waals surface area (Å²) < 4.78 is 14.0. The van der Waals surface area contributed by atoms with Crippen LogP contribution in [-0.2, 0) is 6.42 Å². The highest BCUT2D eigenvalue weighted by Crippen LogP contribution is 2.36. The first-order valence-electron chi connectivity index (χ1n) is 8.18. The standard InChI is InChI=1S/C18H27BrFN/c1-4-21-18-8-6-14(12(2)3)11-15(18)9-13-5-7-17(20)16(19)10-13/h5,7,10,12,14-15,18,21H,4,6,8-9,11H2,1-3H3. The van der Waals surface area contributed by atoms with E-state index in [0.717, 1.165) is 24.8 Å². The second-order valence-corrected chi connectivity index (χ2v) is 7.55. The molecule has 118 valence electrons. The summed E-state index contributed by atoms with van der Waals surface area (Å²) in [5, 5.41) is 3.65. The van der Waals surface area contributed by atoms with Gasteiger partial charge in [-0.25, -0.2) is 4.39 Å². The summed E-state index contributed by atoms with van der Waals surface area (Å²) in [6.45, 7) is 7.88. The van der Waals surface area contributed by atoms with Gasteiger partial charge >= 0.3 is 0 Å². The number of rotatable bonds is 5. The van der Waals surface area contributed by atoms with Crippen LogP contribution < -0.4 is 5.32 Å². The van der Waals surface area contributed by atoms with Gasteiger partial charge in [0.2, 0.25) is 0 Å². The maximum Gasteiger partial charge on any atom is 0.137 e. The molecule has 1 nitrogen and oxygen atoms in total. The van der Waals surface area contributed by atoms with Gasteiger partial charge < -0.3 is 5.32 Å². The van der Waals surface area contributed by atoms with Crippen LogP contribution in [0.3, 0.4) is 0 Å². The molecule has 1 aromatic rings. The average molecular weight is 356 g/mol. The van der Waals surface area contributed by atoms with Gasteiger partial charge in [0.05, 0.1) is 4.47 Å². The van der Waals surface area contributed by atoms with Gasteiger partial charge in [-0.2, -0.15) is 0 Å². The minimum absolute atomic E-state index is 0.175. The first-order chi connectivity index (χ1) is 10.0. The van der Waals surface area contributed by atoms with Crippen molar-refractivity contribution in [2.24, 2.45) is 17.8 Å². The molecule has 0 spiro atoms. The summed E-state index contributed by atoms with van der Waals surface area (Å²) in [5.41, 5.74) is 1.24. The van der Waals surface area contributed by atoms with Crippen molar-refractivity contribution in [1.82, 2.24) is 5.32 Å². The summed E-state index contributed by atoms with van der Waals surface area (Å²) in [7, 11) is 0. The van der Waals surface area contributed by atoms with Crippen molar-refractivity contribution >= 4 is 15.9 Å². The summed E-state index contributed by atoms with van der Waals surface area (Å²) in [6.07, 6.45) is 4.92. The lowest BCUT2D eigenvalue weighted by Gasteiger charge is -2.38. The van der Waals surface area contributed by atoms with E-state index < -0.39 is 0 Å². The Balaban J connectivity index is 2.09. The summed E-state index contributed by atoms with van der Waals surface area (Å²) in [4.78, 5) is 0. The Morgan fingerprint density at radius 2 is 2.10 bits per heavy atom. The molecule has 1 fully saturated rings. The van der Waals surface area contributed by atoms with E-state index in [2.05, 4.69) is 42.0 Å². The smallest absolute Gasteiger partial charge is 0.137 e. The summed E-state index contributed by atoms with van der Waals surface area (Å²) in [6, 6.07) is 6.05. The molecule has 3 atom stereocenters. The third-order valence-corrected chi connectivity index (χ3v) is 5.52. The van der Waals surface area contributed by atoms with Crippen molar-refractivity contribution in [3.63, 3.8) is 0 Å². The molecule has 0 aromatic heterocycles. The number of benzene rings is 1. The van der Waals surface area contributed by atoms with E-state index in [-0.39, 0.29) is 5.82 Å². The molecule has 21 heavy (non-hydrogen) atoms. The highest BCUT2D eigenvalue weighted by molar-refractivity contribution is 9.10. The molecule has 3 heteroatoms. The highest BCUT2D eigenvalue weighted by Gasteiger charge is 2.31. The second kappa shape index (κ2) is 7.73. The van der Waals surface area contributed by atoms with Crippen molar-refractivity contribution in [2.45, 2.75) is 52.5 Å². The maximum atomic E-state index is 13.4. The Morgan fingerprint density at radius 1 is 1.33 bits per heavy atom. The van der Waals surface area contributed by atoms with Crippen LogP contribution in [0.25, 0.3) is 0 Å². The molecular formula is C18H27BrFN. The van der Waals surface area contributed by atoms with Crippen LogP contribution in [-0.4, -0.2) is 12.6 Å². The Labute approximate surface area is 136 Å². The molecule has 0 radical (unpaired) electrons. The number of hydrogen-bond donors (Lipinski definition) is 1. The van der Waals surface area contributed by atoms with Crippen LogP contribution in [0.15, 0.2) is 22.7 Å². The lowest BCUT2D eigenvalue weighted by atomic mass is 9.71. The van der Waals surface area contributed by atoms with E-state index in [1.807, 2.05) is 12.1 Å². The Kier molecular flexibility index (Phi) is 6.24. The van der Waals surface area contributed by atoms with Crippen LogP contribution in [0.4, 0.5) is 4.39 Å². The average Bonchev–Trinajstić information content (AvgIpc) is 2.45. The third-order valence-electron chi connectivity index (χ3n) is 4.91. The van der Waals surface area contributed by atoms with Crippen LogP contribution in [0.1, 0.15) is 45.6 Å². The molecule has 0 aliphatic heterocycles. The van der Waals surface area contributed by atoms with Crippen molar-refractivity contribution in [3.05, 3.63) is 34.1 Å². The van der Waals surface area contributed by atoms with Gasteiger partial charge in [0.1, 0.15) is 5.82 Å². The topological polar surface area (TPSA) is 12.0 Å². The van der Waals surface area contributed by atoms with Crippen LogP contribution >= 0.6 is 15.9 Å². The third kappa shape index (κ3) is 4.53. The zero-order valence-electron chi connectivity index (χ0n) is 13.3. The fourth-order valence-electron chi connectivity index (χ4n) is 3.63. The van der Waals surface area contributed by atoms with Crippen LogP contribution in [0, 0.1) is 23.6 Å². The molecule has 0 heterocycles. The van der Waals surface area contributed by atoms with Crippen molar-refractivity contribution < 1.29 is 4.39 Å². The van der Waals surface area contributed by atoms with E-state index in [0.29, 0.717) is 16.4 Å². The van der Waals surface area contributed by atoms with Gasteiger partial charge in [0, 0.05) is 6.04 Å². The van der Waals surface area contributed by atoms with E-state index in [9.17, 15) is 4.39 Å². The van der Waals surface area contributed by atoms with E-state index in [1.165, 1.54) is 24.8 Å². The fraction of sp³-hybridized carbons (Fsp3) is 0.667. The molecule has 0 amide bonds. The molecule has 1 aliphatic carbocycles. The van der Waals surface area contributed by atoms with Gasteiger partial charge in [-0.3, -0.25) is 0 Å². The van der Waals surface area contributed by atoms with Gasteiger partial charge in [0.15, 0.2) is 0 Å². The van der Waals surface area contributed by atoms with Crippen molar-refractivity contribution in [3.8, 4) is 0 Å². The summed E-state index contributed by atoms with van der Waals surface area (Å²) in [5.74, 6) is 2.07. The second-order valence-electron chi connectivity index (χ2n) is 6.69. The number of nitrogens with one attached hydrogen (secondary N) is 1.